The molecule has 0 aliphatic rings. The maximum Gasteiger partial charge on any atom is 0.133 e. The van der Waals surface area contributed by atoms with Crippen LogP contribution in [-0.4, -0.2) is 10.8 Å². The first kappa shape index (κ1) is 9.39. The van der Waals surface area contributed by atoms with E-state index in [1.165, 1.54) is 0 Å². The molecule has 0 N–H and O–H groups in total. The monoisotopic (exact) mass is 183 g/mol. The van der Waals surface area contributed by atoms with Crippen molar-refractivity contribution in [3.8, 4) is 0 Å². The van der Waals surface area contributed by atoms with Crippen molar-refractivity contribution in [2.24, 2.45) is 0 Å². The van der Waals surface area contributed by atoms with E-state index in [2.05, 4.69) is 4.98 Å². The van der Waals surface area contributed by atoms with Crippen LogP contribution < -0.4 is 0 Å². The lowest BCUT2D eigenvalue weighted by molar-refractivity contribution is -0.118. The second-order valence-corrected chi connectivity index (χ2v) is 3.72. The molecular weight excluding hydrogens is 170 g/mol. The average Bonchev–Trinajstić information content (AvgIpc) is 2.47. The zero-order valence-electron chi connectivity index (χ0n) is 7.46. The van der Waals surface area contributed by atoms with Crippen molar-refractivity contribution < 1.29 is 4.79 Å². The molecule has 2 nitrogen and oxygen atoms in total. The van der Waals surface area contributed by atoms with Crippen LogP contribution >= 0.6 is 11.3 Å². The Bertz CT molecular complexity index is 267. The third-order valence-electron chi connectivity index (χ3n) is 1.68. The van der Waals surface area contributed by atoms with Gasteiger partial charge >= 0.3 is 0 Å². The topological polar surface area (TPSA) is 30.0 Å². The Labute approximate surface area is 76.6 Å². The number of nitrogens with zero attached hydrogens (tertiary/aromatic N) is 1. The number of carbonyl (C=O) groups excluding carboxylic acids is 1. The van der Waals surface area contributed by atoms with E-state index in [0.29, 0.717) is 18.6 Å². The van der Waals surface area contributed by atoms with E-state index in [9.17, 15) is 4.79 Å². The molecule has 66 valence electrons. The summed E-state index contributed by atoms with van der Waals surface area (Å²) in [4.78, 5) is 15.3. The zero-order chi connectivity index (χ0) is 8.97. The molecular formula is C9H13NOS. The van der Waals surface area contributed by atoms with Crippen LogP contribution in [0.4, 0.5) is 0 Å². The molecule has 0 bridgehead atoms. The van der Waals surface area contributed by atoms with Gasteiger partial charge in [-0.05, 0) is 6.92 Å². The van der Waals surface area contributed by atoms with Gasteiger partial charge in [0.25, 0.3) is 0 Å². The minimum absolute atomic E-state index is 0.322. The normalized spacial score (nSPS) is 10.2. The van der Waals surface area contributed by atoms with Gasteiger partial charge in [-0.1, -0.05) is 6.92 Å². The van der Waals surface area contributed by atoms with E-state index >= 15 is 0 Å². The van der Waals surface area contributed by atoms with Crippen LogP contribution in [0.3, 0.4) is 0 Å². The lowest BCUT2D eigenvalue weighted by atomic mass is 10.2. The molecule has 0 saturated heterocycles. The summed E-state index contributed by atoms with van der Waals surface area (Å²) in [6.45, 7) is 3.87. The summed E-state index contributed by atoms with van der Waals surface area (Å²) in [5, 5.41) is 3.10. The van der Waals surface area contributed by atoms with Gasteiger partial charge in [-0.25, -0.2) is 4.98 Å². The Kier molecular flexibility index (Phi) is 3.41. The third kappa shape index (κ3) is 2.74. The summed E-state index contributed by atoms with van der Waals surface area (Å²) in [6, 6.07) is 0. The number of aromatic nitrogens is 1. The highest BCUT2D eigenvalue weighted by Crippen LogP contribution is 2.11. The number of rotatable bonds is 4. The van der Waals surface area contributed by atoms with Crippen molar-refractivity contribution in [1.82, 2.24) is 4.98 Å². The summed E-state index contributed by atoms with van der Waals surface area (Å²) in [5.41, 5.74) is 1.05. The molecule has 0 aliphatic carbocycles. The molecule has 0 saturated carbocycles. The van der Waals surface area contributed by atoms with Gasteiger partial charge in [0.05, 0.1) is 5.01 Å². The average molecular weight is 183 g/mol. The number of Topliss-reactive ketones (excluding diaryl/α,β-unsaturated/α-hetero) is 1. The fourth-order valence-electron chi connectivity index (χ4n) is 0.941. The molecule has 0 aliphatic heterocycles. The highest BCUT2D eigenvalue weighted by atomic mass is 32.1. The zero-order valence-corrected chi connectivity index (χ0v) is 8.28. The first-order valence-electron chi connectivity index (χ1n) is 4.15. The number of hydrogen-bond acceptors (Lipinski definition) is 3. The second-order valence-electron chi connectivity index (χ2n) is 2.77. The van der Waals surface area contributed by atoms with E-state index in [1.54, 1.807) is 11.3 Å². The van der Waals surface area contributed by atoms with Crippen LogP contribution in [0.1, 0.15) is 30.5 Å². The Morgan fingerprint density at radius 1 is 1.67 bits per heavy atom. The van der Waals surface area contributed by atoms with Crippen LogP contribution in [0.5, 0.6) is 0 Å². The number of ketones is 1. The molecule has 3 heteroatoms. The lowest BCUT2D eigenvalue weighted by Gasteiger charge is -1.93. The largest absolute Gasteiger partial charge is 0.300 e. The van der Waals surface area contributed by atoms with Gasteiger partial charge in [0.1, 0.15) is 5.78 Å². The van der Waals surface area contributed by atoms with Crippen LogP contribution in [0.15, 0.2) is 5.38 Å². The molecule has 0 amide bonds. The fourth-order valence-corrected chi connectivity index (χ4v) is 1.72. The van der Waals surface area contributed by atoms with Gasteiger partial charge < -0.3 is 0 Å². The highest BCUT2D eigenvalue weighted by Gasteiger charge is 2.02. The van der Waals surface area contributed by atoms with E-state index in [4.69, 9.17) is 0 Å². The van der Waals surface area contributed by atoms with Crippen LogP contribution in [0.25, 0.3) is 0 Å². The van der Waals surface area contributed by atoms with E-state index < -0.39 is 0 Å². The Morgan fingerprint density at radius 2 is 2.42 bits per heavy atom. The predicted octanol–water partition coefficient (Wildman–Crippen LogP) is 2.36. The summed E-state index contributed by atoms with van der Waals surface area (Å²) < 4.78 is 0. The van der Waals surface area contributed by atoms with Crippen molar-refractivity contribution in [2.45, 2.75) is 33.1 Å². The van der Waals surface area contributed by atoms with E-state index in [0.717, 1.165) is 17.1 Å². The number of aryl methyl sites for hydroxylation is 2. The molecule has 0 fully saturated rings. The van der Waals surface area contributed by atoms with Crippen molar-refractivity contribution in [3.05, 3.63) is 16.1 Å². The molecule has 1 heterocycles. The molecule has 0 aromatic carbocycles. The smallest absolute Gasteiger partial charge is 0.133 e. The van der Waals surface area contributed by atoms with Crippen LogP contribution in [0.2, 0.25) is 0 Å². The first-order valence-corrected chi connectivity index (χ1v) is 5.03. The number of hydrogen-bond donors (Lipinski definition) is 0. The summed E-state index contributed by atoms with van der Waals surface area (Å²) in [6.07, 6.45) is 2.10. The molecule has 0 radical (unpaired) electrons. The van der Waals surface area contributed by atoms with Crippen molar-refractivity contribution in [3.63, 3.8) is 0 Å². The maximum atomic E-state index is 11.0. The predicted molar refractivity (Wildman–Crippen MR) is 50.5 cm³/mol. The van der Waals surface area contributed by atoms with Gasteiger partial charge in [-0.2, -0.15) is 0 Å². The van der Waals surface area contributed by atoms with E-state index in [1.807, 2.05) is 19.2 Å². The minimum Gasteiger partial charge on any atom is -0.300 e. The molecule has 0 spiro atoms. The Balaban J connectivity index is 2.38. The highest BCUT2D eigenvalue weighted by molar-refractivity contribution is 7.09. The van der Waals surface area contributed by atoms with Crippen molar-refractivity contribution in [2.75, 3.05) is 0 Å². The molecule has 12 heavy (non-hydrogen) atoms. The molecule has 0 atom stereocenters. The van der Waals surface area contributed by atoms with Gasteiger partial charge in [-0.3, -0.25) is 4.79 Å². The first-order chi connectivity index (χ1) is 5.72. The number of carbonyl (C=O) groups is 1. The quantitative estimate of drug-likeness (QED) is 0.717. The van der Waals surface area contributed by atoms with Gasteiger partial charge in [0, 0.05) is 30.3 Å². The lowest BCUT2D eigenvalue weighted by Crippen LogP contribution is -1.97. The van der Waals surface area contributed by atoms with Crippen molar-refractivity contribution >= 4 is 17.1 Å². The fraction of sp³-hybridized carbons (Fsp3) is 0.556. The van der Waals surface area contributed by atoms with Crippen LogP contribution in [0, 0.1) is 6.92 Å². The molecule has 0 unspecified atom stereocenters. The van der Waals surface area contributed by atoms with Gasteiger partial charge in [0.2, 0.25) is 0 Å². The van der Waals surface area contributed by atoms with E-state index in [-0.39, 0.29) is 0 Å². The maximum absolute atomic E-state index is 11.0. The standard InChI is InChI=1S/C9H13NOS/c1-3-8(11)4-5-9-10-7(2)6-12-9/h6H,3-5H2,1-2H3. The van der Waals surface area contributed by atoms with Crippen molar-refractivity contribution in [1.29, 1.82) is 0 Å². The molecule has 1 aromatic heterocycles. The SMILES string of the molecule is CCC(=O)CCc1nc(C)cs1. The summed E-state index contributed by atoms with van der Waals surface area (Å²) >= 11 is 1.64. The number of thiazole rings is 1. The third-order valence-corrected chi connectivity index (χ3v) is 2.71. The summed E-state index contributed by atoms with van der Waals surface area (Å²) in [7, 11) is 0. The summed E-state index contributed by atoms with van der Waals surface area (Å²) in [5.74, 6) is 0.322. The minimum atomic E-state index is 0.322. The van der Waals surface area contributed by atoms with Gasteiger partial charge in [0.15, 0.2) is 0 Å². The molecule has 1 aromatic rings. The second kappa shape index (κ2) is 4.36. The Hall–Kier alpha value is -0.700. The molecule has 1 rings (SSSR count). The van der Waals surface area contributed by atoms with Crippen LogP contribution in [-0.2, 0) is 11.2 Å². The Morgan fingerprint density at radius 3 is 2.92 bits per heavy atom. The van der Waals surface area contributed by atoms with Gasteiger partial charge in [-0.15, -0.1) is 11.3 Å².